The molecule has 0 saturated carbocycles. The topological polar surface area (TPSA) is 99.7 Å². The molecular weight excluding hydrogens is 500 g/mol. The SMILES string of the molecule is CCCN(Cc1ccccn1)C(=O)[C@H](C)N1CC[C@H](NS(=O)(=O)c2ccc3cc(Cl)ccc3c2)C1=O. The number of fused-ring (bicyclic) bond motifs is 1. The van der Waals surface area contributed by atoms with Crippen LogP contribution in [0.5, 0.6) is 0 Å². The second-order valence-corrected chi connectivity index (χ2v) is 11.1. The lowest BCUT2D eigenvalue weighted by atomic mass is 10.1. The first-order valence-electron chi connectivity index (χ1n) is 11.9. The Morgan fingerprint density at radius 3 is 2.67 bits per heavy atom. The summed E-state index contributed by atoms with van der Waals surface area (Å²) in [6, 6.07) is 13.8. The van der Waals surface area contributed by atoms with Gasteiger partial charge in [0.15, 0.2) is 0 Å². The number of carbonyl (C=O) groups is 2. The fourth-order valence-electron chi connectivity index (χ4n) is 4.43. The van der Waals surface area contributed by atoms with Gasteiger partial charge in [-0.15, -0.1) is 0 Å². The van der Waals surface area contributed by atoms with E-state index in [1.807, 2.05) is 25.1 Å². The molecule has 2 amide bonds. The zero-order valence-corrected chi connectivity index (χ0v) is 21.8. The number of nitrogens with zero attached hydrogens (tertiary/aromatic N) is 3. The summed E-state index contributed by atoms with van der Waals surface area (Å²) in [7, 11) is -3.95. The number of hydrogen-bond acceptors (Lipinski definition) is 5. The summed E-state index contributed by atoms with van der Waals surface area (Å²) >= 11 is 6.01. The summed E-state index contributed by atoms with van der Waals surface area (Å²) in [5.74, 6) is -0.589. The molecule has 4 rings (SSSR count). The van der Waals surface area contributed by atoms with Crippen LogP contribution in [0.15, 0.2) is 65.7 Å². The maximum absolute atomic E-state index is 13.3. The minimum absolute atomic E-state index is 0.0668. The van der Waals surface area contributed by atoms with Gasteiger partial charge in [0.05, 0.1) is 17.1 Å². The molecule has 3 aromatic rings. The van der Waals surface area contributed by atoms with Crippen LogP contribution in [0.25, 0.3) is 10.8 Å². The molecule has 1 fully saturated rings. The number of aromatic nitrogens is 1. The van der Waals surface area contributed by atoms with Crippen LogP contribution in [0.4, 0.5) is 0 Å². The molecule has 190 valence electrons. The van der Waals surface area contributed by atoms with Crippen LogP contribution < -0.4 is 4.72 Å². The number of benzene rings is 2. The molecule has 10 heteroatoms. The van der Waals surface area contributed by atoms with E-state index in [2.05, 4.69) is 9.71 Å². The van der Waals surface area contributed by atoms with Crippen LogP contribution in [0.1, 0.15) is 32.4 Å². The summed E-state index contributed by atoms with van der Waals surface area (Å²) in [6.45, 7) is 4.84. The predicted molar refractivity (Wildman–Crippen MR) is 139 cm³/mol. The van der Waals surface area contributed by atoms with E-state index in [9.17, 15) is 18.0 Å². The second kappa shape index (κ2) is 10.9. The number of carbonyl (C=O) groups excluding carboxylic acids is 2. The second-order valence-electron chi connectivity index (χ2n) is 8.90. The van der Waals surface area contributed by atoms with Crippen molar-refractivity contribution in [2.24, 2.45) is 0 Å². The van der Waals surface area contributed by atoms with Crippen LogP contribution in [0.3, 0.4) is 0 Å². The third kappa shape index (κ3) is 5.69. The number of likely N-dealkylation sites (tertiary alicyclic amines) is 1. The van der Waals surface area contributed by atoms with E-state index < -0.39 is 28.0 Å². The monoisotopic (exact) mass is 528 g/mol. The molecule has 1 aromatic heterocycles. The molecule has 1 N–H and O–H groups in total. The minimum atomic E-state index is -3.95. The number of sulfonamides is 1. The standard InChI is InChI=1S/C26H29ClN4O4S/c1-3-13-30(17-22-6-4-5-12-28-22)25(32)18(2)31-14-11-24(26(31)33)29-36(34,35)23-10-8-19-15-21(27)9-7-20(19)16-23/h4-10,12,15-16,18,24,29H,3,11,13-14,17H2,1-2H3/t18-,24-/m0/s1. The van der Waals surface area contributed by atoms with Gasteiger partial charge in [-0.2, -0.15) is 4.72 Å². The van der Waals surface area contributed by atoms with Crippen molar-refractivity contribution in [1.29, 1.82) is 0 Å². The maximum Gasteiger partial charge on any atom is 0.245 e. The molecule has 0 spiro atoms. The van der Waals surface area contributed by atoms with Crippen molar-refractivity contribution in [3.63, 3.8) is 0 Å². The highest BCUT2D eigenvalue weighted by Crippen LogP contribution is 2.24. The highest BCUT2D eigenvalue weighted by molar-refractivity contribution is 7.89. The van der Waals surface area contributed by atoms with Crippen LogP contribution >= 0.6 is 11.6 Å². The molecule has 36 heavy (non-hydrogen) atoms. The summed E-state index contributed by atoms with van der Waals surface area (Å²) in [5, 5.41) is 2.11. The fourth-order valence-corrected chi connectivity index (χ4v) is 5.87. The Labute approximate surface area is 216 Å². The molecule has 1 aliphatic heterocycles. The lowest BCUT2D eigenvalue weighted by Crippen LogP contribution is -2.50. The molecule has 2 atom stereocenters. The number of hydrogen-bond donors (Lipinski definition) is 1. The fraction of sp³-hybridized carbons (Fsp3) is 0.346. The molecule has 0 unspecified atom stereocenters. The third-order valence-corrected chi connectivity index (χ3v) is 8.03. The van der Waals surface area contributed by atoms with E-state index in [1.54, 1.807) is 48.4 Å². The van der Waals surface area contributed by atoms with Crippen molar-refractivity contribution in [3.8, 4) is 0 Å². The average Bonchev–Trinajstić information content (AvgIpc) is 3.22. The number of amides is 2. The highest BCUT2D eigenvalue weighted by Gasteiger charge is 2.40. The van der Waals surface area contributed by atoms with Crippen molar-refractivity contribution in [2.45, 2.75) is 50.2 Å². The van der Waals surface area contributed by atoms with Crippen LogP contribution in [-0.2, 0) is 26.2 Å². The van der Waals surface area contributed by atoms with Crippen LogP contribution in [-0.4, -0.2) is 60.2 Å². The summed E-state index contributed by atoms with van der Waals surface area (Å²) in [5.41, 5.74) is 0.766. The predicted octanol–water partition coefficient (Wildman–Crippen LogP) is 3.59. The van der Waals surface area contributed by atoms with Gasteiger partial charge < -0.3 is 9.80 Å². The molecule has 1 aliphatic rings. The summed E-state index contributed by atoms with van der Waals surface area (Å²) in [6.07, 6.45) is 2.73. The Hall–Kier alpha value is -3.01. The molecule has 0 bridgehead atoms. The number of nitrogens with one attached hydrogen (secondary N) is 1. The van der Waals surface area contributed by atoms with Crippen molar-refractivity contribution in [2.75, 3.05) is 13.1 Å². The Morgan fingerprint density at radius 1 is 1.19 bits per heavy atom. The Balaban J connectivity index is 1.45. The van der Waals surface area contributed by atoms with E-state index in [0.29, 0.717) is 24.7 Å². The summed E-state index contributed by atoms with van der Waals surface area (Å²) in [4.78, 5) is 34.0. The Morgan fingerprint density at radius 2 is 1.94 bits per heavy atom. The van der Waals surface area contributed by atoms with Gasteiger partial charge in [-0.1, -0.05) is 36.7 Å². The molecule has 0 aliphatic carbocycles. The smallest absolute Gasteiger partial charge is 0.245 e. The Kier molecular flexibility index (Phi) is 7.92. The van der Waals surface area contributed by atoms with Crippen molar-refractivity contribution < 1.29 is 18.0 Å². The zero-order valence-electron chi connectivity index (χ0n) is 20.2. The first-order chi connectivity index (χ1) is 17.2. The van der Waals surface area contributed by atoms with E-state index >= 15 is 0 Å². The van der Waals surface area contributed by atoms with E-state index in [0.717, 1.165) is 22.9 Å². The first kappa shape index (κ1) is 26.1. The molecule has 0 radical (unpaired) electrons. The highest BCUT2D eigenvalue weighted by atomic mass is 35.5. The van der Waals surface area contributed by atoms with E-state index in [1.165, 1.54) is 11.0 Å². The van der Waals surface area contributed by atoms with Gasteiger partial charge >= 0.3 is 0 Å². The number of halogens is 1. The summed E-state index contributed by atoms with van der Waals surface area (Å²) < 4.78 is 28.7. The normalized spacial score (nSPS) is 16.9. The van der Waals surface area contributed by atoms with Crippen LogP contribution in [0.2, 0.25) is 5.02 Å². The largest absolute Gasteiger partial charge is 0.335 e. The van der Waals surface area contributed by atoms with Gasteiger partial charge in [-0.05, 0) is 66.9 Å². The van der Waals surface area contributed by atoms with Gasteiger partial charge in [-0.3, -0.25) is 14.6 Å². The lowest BCUT2D eigenvalue weighted by Gasteiger charge is -2.30. The molecule has 2 aromatic carbocycles. The number of pyridine rings is 1. The van der Waals surface area contributed by atoms with Crippen LogP contribution in [0, 0.1) is 0 Å². The van der Waals surface area contributed by atoms with Gasteiger partial charge in [0.1, 0.15) is 12.1 Å². The molecular formula is C26H29ClN4O4S. The lowest BCUT2D eigenvalue weighted by molar-refractivity contribution is -0.143. The zero-order chi connectivity index (χ0) is 25.9. The van der Waals surface area contributed by atoms with Gasteiger partial charge in [0.2, 0.25) is 21.8 Å². The maximum atomic E-state index is 13.3. The van der Waals surface area contributed by atoms with Crippen molar-refractivity contribution >= 4 is 44.2 Å². The molecule has 8 nitrogen and oxygen atoms in total. The van der Waals surface area contributed by atoms with E-state index in [-0.39, 0.29) is 17.2 Å². The molecule has 1 saturated heterocycles. The van der Waals surface area contributed by atoms with Gasteiger partial charge in [0.25, 0.3) is 0 Å². The average molecular weight is 529 g/mol. The quantitative estimate of drug-likeness (QED) is 0.457. The molecule has 2 heterocycles. The minimum Gasteiger partial charge on any atom is -0.335 e. The Bertz CT molecular complexity index is 1370. The third-order valence-electron chi connectivity index (χ3n) is 6.33. The number of rotatable bonds is 9. The first-order valence-corrected chi connectivity index (χ1v) is 13.8. The van der Waals surface area contributed by atoms with Gasteiger partial charge in [0, 0.05) is 24.3 Å². The van der Waals surface area contributed by atoms with E-state index in [4.69, 9.17) is 11.6 Å². The van der Waals surface area contributed by atoms with Crippen molar-refractivity contribution in [3.05, 3.63) is 71.5 Å². The van der Waals surface area contributed by atoms with Gasteiger partial charge in [-0.25, -0.2) is 8.42 Å². The van der Waals surface area contributed by atoms with Crippen molar-refractivity contribution in [1.82, 2.24) is 19.5 Å².